The van der Waals surface area contributed by atoms with Crippen LogP contribution in [0.25, 0.3) is 0 Å². The minimum Gasteiger partial charge on any atom is -0.494 e. The summed E-state index contributed by atoms with van der Waals surface area (Å²) in [5.74, 6) is 0.945. The highest BCUT2D eigenvalue weighted by Gasteiger charge is 2.31. The zero-order valence-corrected chi connectivity index (χ0v) is 13.2. The molecule has 0 radical (unpaired) electrons. The fourth-order valence-corrected chi connectivity index (χ4v) is 2.77. The van der Waals surface area contributed by atoms with Crippen molar-refractivity contribution in [1.82, 2.24) is 0 Å². The summed E-state index contributed by atoms with van der Waals surface area (Å²) in [7, 11) is 0. The molecule has 2 rings (SSSR count). The van der Waals surface area contributed by atoms with E-state index in [0.29, 0.717) is 12.6 Å². The lowest BCUT2D eigenvalue weighted by molar-refractivity contribution is -0.0708. The van der Waals surface area contributed by atoms with E-state index >= 15 is 0 Å². The molecule has 0 bridgehead atoms. The Morgan fingerprint density at radius 3 is 2.85 bits per heavy atom. The first kappa shape index (κ1) is 15.2. The van der Waals surface area contributed by atoms with Crippen LogP contribution in [0.4, 0.5) is 5.69 Å². The Labute approximate surface area is 122 Å². The number of aryl methyl sites for hydroxylation is 1. The Balaban J connectivity index is 2.02. The van der Waals surface area contributed by atoms with Crippen LogP contribution in [0.1, 0.15) is 45.6 Å². The van der Waals surface area contributed by atoms with Crippen LogP contribution in [-0.4, -0.2) is 24.9 Å². The van der Waals surface area contributed by atoms with Gasteiger partial charge in [-0.25, -0.2) is 0 Å². The molecule has 0 saturated carbocycles. The van der Waals surface area contributed by atoms with Crippen LogP contribution in [0.15, 0.2) is 18.2 Å². The largest absolute Gasteiger partial charge is 0.494 e. The smallest absolute Gasteiger partial charge is 0.119 e. The Bertz CT molecular complexity index is 447. The van der Waals surface area contributed by atoms with Crippen molar-refractivity contribution in [3.8, 4) is 5.75 Å². The highest BCUT2D eigenvalue weighted by molar-refractivity contribution is 5.54. The summed E-state index contributed by atoms with van der Waals surface area (Å²) in [5.41, 5.74) is 2.47. The summed E-state index contributed by atoms with van der Waals surface area (Å²) in [6.07, 6.45) is 3.20. The summed E-state index contributed by atoms with van der Waals surface area (Å²) >= 11 is 0. The second kappa shape index (κ2) is 6.49. The SMILES string of the molecule is CCOc1ccc(NC2CCOC(C)(CC)C2)c(C)c1. The van der Waals surface area contributed by atoms with E-state index in [0.717, 1.165) is 31.6 Å². The van der Waals surface area contributed by atoms with Gasteiger partial charge in [0.05, 0.1) is 12.2 Å². The van der Waals surface area contributed by atoms with Gasteiger partial charge in [-0.05, 0) is 63.8 Å². The lowest BCUT2D eigenvalue weighted by atomic mass is 9.89. The Morgan fingerprint density at radius 1 is 1.40 bits per heavy atom. The molecule has 112 valence electrons. The minimum atomic E-state index is 0.0229. The zero-order valence-electron chi connectivity index (χ0n) is 13.2. The number of rotatable bonds is 5. The molecule has 1 aromatic rings. The molecule has 0 aliphatic carbocycles. The van der Waals surface area contributed by atoms with Crippen molar-refractivity contribution in [2.75, 3.05) is 18.5 Å². The van der Waals surface area contributed by atoms with Gasteiger partial charge >= 0.3 is 0 Å². The number of hydrogen-bond acceptors (Lipinski definition) is 3. The molecule has 0 aromatic heterocycles. The second-order valence-corrected chi connectivity index (χ2v) is 5.90. The van der Waals surface area contributed by atoms with E-state index in [9.17, 15) is 0 Å². The molecule has 1 saturated heterocycles. The first-order valence-corrected chi connectivity index (χ1v) is 7.70. The van der Waals surface area contributed by atoms with Gasteiger partial charge in [-0.2, -0.15) is 0 Å². The summed E-state index contributed by atoms with van der Waals surface area (Å²) in [4.78, 5) is 0. The molecule has 3 heteroatoms. The third-order valence-corrected chi connectivity index (χ3v) is 4.21. The van der Waals surface area contributed by atoms with Crippen LogP contribution in [0.5, 0.6) is 5.75 Å². The second-order valence-electron chi connectivity index (χ2n) is 5.90. The molecule has 1 fully saturated rings. The fourth-order valence-electron chi connectivity index (χ4n) is 2.77. The van der Waals surface area contributed by atoms with Crippen LogP contribution in [0, 0.1) is 6.92 Å². The molecule has 3 nitrogen and oxygen atoms in total. The molecule has 1 heterocycles. The van der Waals surface area contributed by atoms with Crippen molar-refractivity contribution >= 4 is 5.69 Å². The number of nitrogens with one attached hydrogen (secondary N) is 1. The van der Waals surface area contributed by atoms with E-state index in [4.69, 9.17) is 9.47 Å². The normalized spacial score (nSPS) is 26.3. The lowest BCUT2D eigenvalue weighted by Gasteiger charge is -2.38. The average molecular weight is 277 g/mol. The zero-order chi connectivity index (χ0) is 14.6. The van der Waals surface area contributed by atoms with Crippen LogP contribution in [0.3, 0.4) is 0 Å². The highest BCUT2D eigenvalue weighted by Crippen LogP contribution is 2.30. The van der Waals surface area contributed by atoms with Crippen molar-refractivity contribution < 1.29 is 9.47 Å². The van der Waals surface area contributed by atoms with Crippen LogP contribution < -0.4 is 10.1 Å². The van der Waals surface area contributed by atoms with Gasteiger partial charge in [0.2, 0.25) is 0 Å². The fraction of sp³-hybridized carbons (Fsp3) is 0.647. The van der Waals surface area contributed by atoms with Gasteiger partial charge < -0.3 is 14.8 Å². The molecular weight excluding hydrogens is 250 g/mol. The van der Waals surface area contributed by atoms with Crippen molar-refractivity contribution in [2.24, 2.45) is 0 Å². The Kier molecular flexibility index (Phi) is 4.92. The maximum Gasteiger partial charge on any atom is 0.119 e. The number of benzene rings is 1. The third kappa shape index (κ3) is 3.66. The number of anilines is 1. The standard InChI is InChI=1S/C17H27NO2/c1-5-17(4)12-14(9-10-20-17)18-16-8-7-15(19-6-2)11-13(16)3/h7-8,11,14,18H,5-6,9-10,12H2,1-4H3. The molecule has 0 spiro atoms. The van der Waals surface area contributed by atoms with Crippen LogP contribution in [0.2, 0.25) is 0 Å². The van der Waals surface area contributed by atoms with E-state index in [2.05, 4.69) is 38.2 Å². The van der Waals surface area contributed by atoms with Gasteiger partial charge in [-0.1, -0.05) is 6.92 Å². The van der Waals surface area contributed by atoms with Gasteiger partial charge in [0.1, 0.15) is 5.75 Å². The van der Waals surface area contributed by atoms with E-state index in [1.807, 2.05) is 13.0 Å². The molecule has 2 unspecified atom stereocenters. The van der Waals surface area contributed by atoms with Gasteiger partial charge in [-0.15, -0.1) is 0 Å². The predicted molar refractivity (Wildman–Crippen MR) is 83.6 cm³/mol. The van der Waals surface area contributed by atoms with E-state index < -0.39 is 0 Å². The van der Waals surface area contributed by atoms with Gasteiger partial charge in [0, 0.05) is 18.3 Å². The first-order chi connectivity index (χ1) is 9.56. The molecule has 1 aromatic carbocycles. The molecule has 1 aliphatic rings. The maximum atomic E-state index is 5.90. The van der Waals surface area contributed by atoms with E-state index in [1.165, 1.54) is 11.3 Å². The molecule has 1 aliphatic heterocycles. The average Bonchev–Trinajstić information content (AvgIpc) is 2.42. The summed E-state index contributed by atoms with van der Waals surface area (Å²) in [6, 6.07) is 6.76. The lowest BCUT2D eigenvalue weighted by Crippen LogP contribution is -2.41. The molecule has 0 amide bonds. The minimum absolute atomic E-state index is 0.0229. The summed E-state index contributed by atoms with van der Waals surface area (Å²) < 4.78 is 11.4. The maximum absolute atomic E-state index is 5.90. The van der Waals surface area contributed by atoms with Crippen molar-refractivity contribution in [1.29, 1.82) is 0 Å². The molecule has 2 atom stereocenters. The highest BCUT2D eigenvalue weighted by atomic mass is 16.5. The molecule has 20 heavy (non-hydrogen) atoms. The topological polar surface area (TPSA) is 30.5 Å². The summed E-state index contributed by atoms with van der Waals surface area (Å²) in [5, 5.41) is 3.67. The van der Waals surface area contributed by atoms with Crippen molar-refractivity contribution in [3.05, 3.63) is 23.8 Å². The number of ether oxygens (including phenoxy) is 2. The van der Waals surface area contributed by atoms with Crippen LogP contribution >= 0.6 is 0 Å². The molecular formula is C17H27NO2. The van der Waals surface area contributed by atoms with Gasteiger partial charge in [-0.3, -0.25) is 0 Å². The van der Waals surface area contributed by atoms with Crippen LogP contribution in [-0.2, 0) is 4.74 Å². The van der Waals surface area contributed by atoms with Gasteiger partial charge in [0.15, 0.2) is 0 Å². The van der Waals surface area contributed by atoms with Crippen molar-refractivity contribution in [2.45, 2.75) is 58.6 Å². The van der Waals surface area contributed by atoms with E-state index in [-0.39, 0.29) is 5.60 Å². The molecule has 1 N–H and O–H groups in total. The predicted octanol–water partition coefficient (Wildman–Crippen LogP) is 4.15. The third-order valence-electron chi connectivity index (χ3n) is 4.21. The number of hydrogen-bond donors (Lipinski definition) is 1. The summed E-state index contributed by atoms with van der Waals surface area (Å²) in [6.45, 7) is 10.1. The monoisotopic (exact) mass is 277 g/mol. The van der Waals surface area contributed by atoms with Gasteiger partial charge in [0.25, 0.3) is 0 Å². The quantitative estimate of drug-likeness (QED) is 0.877. The van der Waals surface area contributed by atoms with E-state index in [1.54, 1.807) is 0 Å². The Hall–Kier alpha value is -1.22. The van der Waals surface area contributed by atoms with Crippen molar-refractivity contribution in [3.63, 3.8) is 0 Å². The Morgan fingerprint density at radius 2 is 2.20 bits per heavy atom. The first-order valence-electron chi connectivity index (χ1n) is 7.70.